The number of benzene rings is 2. The minimum atomic E-state index is -1.69. The molecular weight excluding hydrogens is 412 g/mol. The van der Waals surface area contributed by atoms with E-state index in [1.165, 1.54) is 6.92 Å². The zero-order valence-corrected chi connectivity index (χ0v) is 18.4. The van der Waals surface area contributed by atoms with E-state index in [9.17, 15) is 19.5 Å². The van der Waals surface area contributed by atoms with E-state index in [4.69, 9.17) is 14.2 Å². The van der Waals surface area contributed by atoms with Gasteiger partial charge in [-0.1, -0.05) is 30.3 Å². The fourth-order valence-corrected chi connectivity index (χ4v) is 4.29. The minimum Gasteiger partial charge on any atom is -0.466 e. The maximum atomic E-state index is 13.0. The average Bonchev–Trinajstić information content (AvgIpc) is 2.73. The van der Waals surface area contributed by atoms with Crippen molar-refractivity contribution in [3.05, 3.63) is 60.2 Å². The molecule has 1 aliphatic rings. The first-order valence-corrected chi connectivity index (χ1v) is 10.7. The first-order valence-electron chi connectivity index (χ1n) is 10.7. The summed E-state index contributed by atoms with van der Waals surface area (Å²) in [5, 5.41) is 11.1. The van der Waals surface area contributed by atoms with E-state index < -0.39 is 41.1 Å². The van der Waals surface area contributed by atoms with Crippen LogP contribution in [0.25, 0.3) is 0 Å². The van der Waals surface area contributed by atoms with Crippen LogP contribution < -0.4 is 4.74 Å². The third-order valence-electron chi connectivity index (χ3n) is 5.57. The van der Waals surface area contributed by atoms with Gasteiger partial charge in [0.25, 0.3) is 0 Å². The van der Waals surface area contributed by atoms with Gasteiger partial charge in [0.2, 0.25) is 0 Å². The van der Waals surface area contributed by atoms with Crippen molar-refractivity contribution in [2.75, 3.05) is 13.2 Å². The molecule has 170 valence electrons. The molecule has 1 N–H and O–H groups in total. The minimum absolute atomic E-state index is 0.0902. The highest BCUT2D eigenvalue weighted by Crippen LogP contribution is 2.47. The molecule has 4 atom stereocenters. The summed E-state index contributed by atoms with van der Waals surface area (Å²) in [4.78, 5) is 38.7. The molecule has 1 fully saturated rings. The zero-order chi connectivity index (χ0) is 23.3. The summed E-state index contributed by atoms with van der Waals surface area (Å²) in [5.41, 5.74) is -1.18. The molecule has 0 bridgehead atoms. The molecule has 32 heavy (non-hydrogen) atoms. The lowest BCUT2D eigenvalue weighted by Crippen LogP contribution is -2.55. The Hall–Kier alpha value is -3.19. The highest BCUT2D eigenvalue weighted by molar-refractivity contribution is 6.02. The van der Waals surface area contributed by atoms with Gasteiger partial charge >= 0.3 is 11.9 Å². The Bertz CT molecular complexity index is 967. The first kappa shape index (κ1) is 23.5. The molecule has 7 nitrogen and oxygen atoms in total. The number of Topliss-reactive ketones (excluding diaryl/α,β-unsaturated/α-hetero) is 1. The fourth-order valence-electron chi connectivity index (χ4n) is 4.29. The van der Waals surface area contributed by atoms with Crippen molar-refractivity contribution in [3.63, 3.8) is 0 Å². The zero-order valence-electron chi connectivity index (χ0n) is 18.4. The number of hydrogen-bond acceptors (Lipinski definition) is 7. The van der Waals surface area contributed by atoms with Crippen LogP contribution in [-0.2, 0) is 23.9 Å². The molecule has 0 spiro atoms. The highest BCUT2D eigenvalue weighted by Gasteiger charge is 2.57. The molecule has 0 radical (unpaired) electrons. The van der Waals surface area contributed by atoms with E-state index in [1.807, 2.05) is 18.2 Å². The van der Waals surface area contributed by atoms with Gasteiger partial charge in [0.05, 0.1) is 24.7 Å². The Morgan fingerprint density at radius 2 is 1.59 bits per heavy atom. The molecule has 0 aromatic heterocycles. The van der Waals surface area contributed by atoms with Crippen molar-refractivity contribution >= 4 is 17.7 Å². The van der Waals surface area contributed by atoms with Crippen molar-refractivity contribution in [2.45, 2.75) is 38.7 Å². The number of rotatable bonds is 7. The molecule has 1 saturated carbocycles. The van der Waals surface area contributed by atoms with Gasteiger partial charge in [-0.3, -0.25) is 14.4 Å². The van der Waals surface area contributed by atoms with E-state index in [0.29, 0.717) is 17.1 Å². The Kier molecular flexibility index (Phi) is 7.30. The number of carbonyl (C=O) groups excluding carboxylic acids is 3. The molecule has 7 heteroatoms. The quantitative estimate of drug-likeness (QED) is 0.518. The second-order valence-corrected chi connectivity index (χ2v) is 7.97. The Labute approximate surface area is 187 Å². The largest absolute Gasteiger partial charge is 0.466 e. The lowest BCUT2D eigenvalue weighted by molar-refractivity contribution is -0.172. The topological polar surface area (TPSA) is 99.1 Å². The lowest BCUT2D eigenvalue weighted by atomic mass is 9.61. The molecule has 0 saturated heterocycles. The molecule has 0 heterocycles. The van der Waals surface area contributed by atoms with Gasteiger partial charge in [-0.2, -0.15) is 0 Å². The van der Waals surface area contributed by atoms with E-state index in [1.54, 1.807) is 50.2 Å². The summed E-state index contributed by atoms with van der Waals surface area (Å²) >= 11 is 0. The van der Waals surface area contributed by atoms with Crippen LogP contribution in [-0.4, -0.2) is 41.6 Å². The SMILES string of the molecule is CCOC(=O)C1C(=O)CC(C)(O)C(C(=O)OCC)C1c1cccc(Oc2ccccc2)c1. The van der Waals surface area contributed by atoms with Gasteiger partial charge in [-0.05, 0) is 50.6 Å². The summed E-state index contributed by atoms with van der Waals surface area (Å²) in [6.45, 7) is 4.92. The van der Waals surface area contributed by atoms with Crippen LogP contribution in [0.5, 0.6) is 11.5 Å². The maximum absolute atomic E-state index is 13.0. The average molecular weight is 440 g/mol. The smallest absolute Gasteiger partial charge is 0.317 e. The predicted molar refractivity (Wildman–Crippen MR) is 116 cm³/mol. The molecule has 2 aromatic rings. The molecular formula is C25H28O7. The van der Waals surface area contributed by atoms with Crippen molar-refractivity contribution < 1.29 is 33.7 Å². The van der Waals surface area contributed by atoms with Crippen LogP contribution in [0, 0.1) is 11.8 Å². The number of ether oxygens (including phenoxy) is 3. The van der Waals surface area contributed by atoms with Gasteiger partial charge in [-0.25, -0.2) is 0 Å². The van der Waals surface area contributed by atoms with Crippen LogP contribution in [0.3, 0.4) is 0 Å². The van der Waals surface area contributed by atoms with E-state index in [2.05, 4.69) is 0 Å². The third-order valence-corrected chi connectivity index (χ3v) is 5.57. The first-order chi connectivity index (χ1) is 15.3. The summed E-state index contributed by atoms with van der Waals surface area (Å²) in [5.74, 6) is -4.13. The van der Waals surface area contributed by atoms with Gasteiger partial charge in [0.15, 0.2) is 5.78 Å². The maximum Gasteiger partial charge on any atom is 0.317 e. The molecule has 3 rings (SSSR count). The summed E-state index contributed by atoms with van der Waals surface area (Å²) < 4.78 is 16.3. The van der Waals surface area contributed by atoms with E-state index >= 15 is 0 Å². The fraction of sp³-hybridized carbons (Fsp3) is 0.400. The van der Waals surface area contributed by atoms with Crippen LogP contribution in [0.2, 0.25) is 0 Å². The van der Waals surface area contributed by atoms with Gasteiger partial charge in [0, 0.05) is 12.3 Å². The van der Waals surface area contributed by atoms with E-state index in [-0.39, 0.29) is 19.6 Å². The van der Waals surface area contributed by atoms with Gasteiger partial charge < -0.3 is 19.3 Å². The van der Waals surface area contributed by atoms with Crippen LogP contribution in [0.1, 0.15) is 38.7 Å². The van der Waals surface area contributed by atoms with Crippen molar-refractivity contribution in [1.82, 2.24) is 0 Å². The number of hydrogen-bond donors (Lipinski definition) is 1. The lowest BCUT2D eigenvalue weighted by Gasteiger charge is -2.43. The summed E-state index contributed by atoms with van der Waals surface area (Å²) in [7, 11) is 0. The third kappa shape index (κ3) is 4.99. The second-order valence-electron chi connectivity index (χ2n) is 7.97. The monoisotopic (exact) mass is 440 g/mol. The molecule has 4 unspecified atom stereocenters. The number of esters is 2. The molecule has 0 amide bonds. The number of para-hydroxylation sites is 1. The Morgan fingerprint density at radius 1 is 0.969 bits per heavy atom. The van der Waals surface area contributed by atoms with Crippen LogP contribution in [0.15, 0.2) is 54.6 Å². The highest BCUT2D eigenvalue weighted by atomic mass is 16.5. The second kappa shape index (κ2) is 9.96. The number of aliphatic hydroxyl groups is 1. The molecule has 0 aliphatic heterocycles. The van der Waals surface area contributed by atoms with Gasteiger partial charge in [0.1, 0.15) is 17.4 Å². The van der Waals surface area contributed by atoms with Crippen molar-refractivity contribution in [3.8, 4) is 11.5 Å². The van der Waals surface area contributed by atoms with Gasteiger partial charge in [-0.15, -0.1) is 0 Å². The summed E-state index contributed by atoms with van der Waals surface area (Å²) in [6.07, 6.45) is -0.351. The Balaban J connectivity index is 2.08. The van der Waals surface area contributed by atoms with Crippen LogP contribution in [0.4, 0.5) is 0 Å². The molecule has 1 aliphatic carbocycles. The predicted octanol–water partition coefficient (Wildman–Crippen LogP) is 3.64. The van der Waals surface area contributed by atoms with E-state index in [0.717, 1.165) is 0 Å². The van der Waals surface area contributed by atoms with Crippen molar-refractivity contribution in [2.24, 2.45) is 11.8 Å². The summed E-state index contributed by atoms with van der Waals surface area (Å²) in [6, 6.07) is 16.0. The number of carbonyl (C=O) groups is 3. The number of ketones is 1. The standard InChI is InChI=1S/C25H28O7/c1-4-30-23(27)21-19(26)15-25(3,29)22(24(28)31-5-2)20(21)16-10-9-13-18(14-16)32-17-11-7-6-8-12-17/h6-14,20-22,29H,4-5,15H2,1-3H3. The molecule has 2 aromatic carbocycles. The Morgan fingerprint density at radius 3 is 2.25 bits per heavy atom. The normalized spacial score (nSPS) is 25.1. The van der Waals surface area contributed by atoms with Crippen molar-refractivity contribution in [1.29, 1.82) is 0 Å². The van der Waals surface area contributed by atoms with Crippen LogP contribution >= 0.6 is 0 Å².